The number of nitriles is 1. The van der Waals surface area contributed by atoms with Crippen molar-refractivity contribution in [3.8, 4) is 17.2 Å². The molecule has 30 heavy (non-hydrogen) atoms. The van der Waals surface area contributed by atoms with E-state index in [4.69, 9.17) is 5.26 Å². The summed E-state index contributed by atoms with van der Waals surface area (Å²) in [6, 6.07) is 13.3. The molecule has 0 bridgehead atoms. The minimum atomic E-state index is -0.505. The normalized spacial score (nSPS) is 15.1. The highest BCUT2D eigenvalue weighted by atomic mass is 16.2. The van der Waals surface area contributed by atoms with Gasteiger partial charge in [0, 0.05) is 41.6 Å². The van der Waals surface area contributed by atoms with E-state index in [1.54, 1.807) is 30.3 Å². The molecule has 2 heterocycles. The van der Waals surface area contributed by atoms with Crippen molar-refractivity contribution in [1.29, 1.82) is 5.26 Å². The van der Waals surface area contributed by atoms with Crippen LogP contribution in [0.15, 0.2) is 42.5 Å². The molecule has 3 aromatic rings. The second-order valence-electron chi connectivity index (χ2n) is 7.29. The van der Waals surface area contributed by atoms with Gasteiger partial charge in [-0.3, -0.25) is 29.0 Å². The van der Waals surface area contributed by atoms with Gasteiger partial charge < -0.3 is 0 Å². The van der Waals surface area contributed by atoms with E-state index in [1.807, 2.05) is 6.07 Å². The minimum absolute atomic E-state index is 0.261. The highest BCUT2D eigenvalue weighted by Crippen LogP contribution is 2.42. The van der Waals surface area contributed by atoms with Crippen LogP contribution in [0.1, 0.15) is 47.0 Å². The highest BCUT2D eigenvalue weighted by molar-refractivity contribution is 6.34. The molecule has 0 atom stereocenters. The Morgan fingerprint density at radius 2 is 1.20 bits per heavy atom. The highest BCUT2D eigenvalue weighted by Gasteiger charge is 2.39. The molecule has 144 valence electrons. The van der Waals surface area contributed by atoms with Crippen LogP contribution in [0, 0.1) is 11.3 Å². The lowest BCUT2D eigenvalue weighted by Gasteiger charge is -2.31. The van der Waals surface area contributed by atoms with Crippen LogP contribution in [0.5, 0.6) is 0 Å². The van der Waals surface area contributed by atoms with Gasteiger partial charge in [0.1, 0.15) is 0 Å². The van der Waals surface area contributed by atoms with Gasteiger partial charge in [-0.15, -0.1) is 0 Å². The molecule has 2 aliphatic rings. The molecular weight excluding hydrogens is 382 g/mol. The van der Waals surface area contributed by atoms with Gasteiger partial charge in [-0.2, -0.15) is 5.26 Å². The summed E-state index contributed by atoms with van der Waals surface area (Å²) in [6.45, 7) is 0. The summed E-state index contributed by atoms with van der Waals surface area (Å²) in [5.41, 5.74) is 2.64. The van der Waals surface area contributed by atoms with E-state index >= 15 is 0 Å². The molecule has 7 nitrogen and oxygen atoms in total. The Bertz CT molecular complexity index is 1400. The standard InChI is InChI=1S/C23H13N3O4/c1-25-20(27)13-7-8-14-18-17(13)16(22(25)29)9-15(12-5-3-11(10-24)4-6-12)19(18)23(30)26(2)21(14)28/h3-9H,1-2H3. The van der Waals surface area contributed by atoms with Crippen molar-refractivity contribution in [2.75, 3.05) is 14.1 Å². The van der Waals surface area contributed by atoms with Crippen LogP contribution in [0.3, 0.4) is 0 Å². The lowest BCUT2D eigenvalue weighted by molar-refractivity contribution is 0.0630. The number of imide groups is 2. The molecule has 0 N–H and O–H groups in total. The Balaban J connectivity index is 1.98. The maximum atomic E-state index is 13.2. The molecule has 2 aliphatic heterocycles. The Hall–Kier alpha value is -4.31. The van der Waals surface area contributed by atoms with Gasteiger partial charge in [0.05, 0.1) is 17.2 Å². The summed E-state index contributed by atoms with van der Waals surface area (Å²) in [7, 11) is 2.80. The number of carbonyl (C=O) groups is 4. The van der Waals surface area contributed by atoms with Gasteiger partial charge in [-0.1, -0.05) is 12.1 Å². The lowest BCUT2D eigenvalue weighted by atomic mass is 9.82. The molecule has 7 heteroatoms. The molecule has 0 saturated heterocycles. The SMILES string of the molecule is CN1C(=O)c2ccc3c4c(c(-c5ccc(C#N)cc5)cc(c24)C1=O)C(=O)N(C)C3=O. The van der Waals surface area contributed by atoms with E-state index in [2.05, 4.69) is 0 Å². The van der Waals surface area contributed by atoms with Gasteiger partial charge >= 0.3 is 0 Å². The molecule has 4 amide bonds. The molecule has 5 rings (SSSR count). The number of hydrogen-bond acceptors (Lipinski definition) is 5. The first-order chi connectivity index (χ1) is 14.3. The first-order valence-corrected chi connectivity index (χ1v) is 9.14. The Morgan fingerprint density at radius 1 is 0.667 bits per heavy atom. The Morgan fingerprint density at radius 3 is 1.80 bits per heavy atom. The summed E-state index contributed by atoms with van der Waals surface area (Å²) in [5.74, 6) is -1.96. The molecule has 0 unspecified atom stereocenters. The van der Waals surface area contributed by atoms with Gasteiger partial charge in [-0.05, 0) is 41.5 Å². The molecule has 0 spiro atoms. The Kier molecular flexibility index (Phi) is 3.46. The van der Waals surface area contributed by atoms with Crippen LogP contribution in [0.2, 0.25) is 0 Å². The fourth-order valence-corrected chi connectivity index (χ4v) is 4.16. The summed E-state index contributed by atoms with van der Waals surface area (Å²) < 4.78 is 0. The first-order valence-electron chi connectivity index (χ1n) is 9.14. The monoisotopic (exact) mass is 395 g/mol. The second-order valence-corrected chi connectivity index (χ2v) is 7.29. The quantitative estimate of drug-likeness (QED) is 0.590. The number of benzene rings is 3. The molecule has 0 aliphatic carbocycles. The Labute approximate surface area is 170 Å². The number of nitrogens with zero attached hydrogens (tertiary/aromatic N) is 3. The fraction of sp³-hybridized carbons (Fsp3) is 0.0870. The molecule has 0 radical (unpaired) electrons. The maximum absolute atomic E-state index is 13.2. The third kappa shape index (κ3) is 2.07. The fourth-order valence-electron chi connectivity index (χ4n) is 4.16. The summed E-state index contributed by atoms with van der Waals surface area (Å²) in [5, 5.41) is 9.73. The molecule has 0 fully saturated rings. The van der Waals surface area contributed by atoms with Gasteiger partial charge in [0.2, 0.25) is 0 Å². The van der Waals surface area contributed by atoms with E-state index in [0.29, 0.717) is 27.5 Å². The van der Waals surface area contributed by atoms with Crippen molar-refractivity contribution in [2.24, 2.45) is 0 Å². The van der Waals surface area contributed by atoms with Crippen LogP contribution in [0.4, 0.5) is 0 Å². The van der Waals surface area contributed by atoms with E-state index in [-0.39, 0.29) is 22.3 Å². The predicted octanol–water partition coefficient (Wildman–Crippen LogP) is 2.83. The van der Waals surface area contributed by atoms with Crippen LogP contribution in [-0.4, -0.2) is 47.5 Å². The molecule has 3 aromatic carbocycles. The van der Waals surface area contributed by atoms with Crippen molar-refractivity contribution in [1.82, 2.24) is 9.80 Å². The molecule has 0 saturated carbocycles. The van der Waals surface area contributed by atoms with Crippen molar-refractivity contribution in [3.05, 3.63) is 70.3 Å². The first kappa shape index (κ1) is 17.8. The van der Waals surface area contributed by atoms with E-state index < -0.39 is 23.6 Å². The molecular formula is C23H13N3O4. The van der Waals surface area contributed by atoms with Gasteiger partial charge in [-0.25, -0.2) is 0 Å². The minimum Gasteiger partial charge on any atom is -0.277 e. The average molecular weight is 395 g/mol. The van der Waals surface area contributed by atoms with E-state index in [0.717, 1.165) is 9.80 Å². The zero-order valence-corrected chi connectivity index (χ0v) is 16.0. The summed E-state index contributed by atoms with van der Waals surface area (Å²) in [4.78, 5) is 53.6. The van der Waals surface area contributed by atoms with Crippen LogP contribution in [0.25, 0.3) is 21.9 Å². The van der Waals surface area contributed by atoms with Crippen molar-refractivity contribution in [2.45, 2.75) is 0 Å². The van der Waals surface area contributed by atoms with Gasteiger partial charge in [0.25, 0.3) is 23.6 Å². The predicted molar refractivity (Wildman–Crippen MR) is 107 cm³/mol. The molecule has 0 aromatic heterocycles. The van der Waals surface area contributed by atoms with E-state index in [9.17, 15) is 19.2 Å². The largest absolute Gasteiger partial charge is 0.277 e. The number of hydrogen-bond donors (Lipinski definition) is 0. The third-order valence-corrected chi connectivity index (χ3v) is 5.73. The topological polar surface area (TPSA) is 98.6 Å². The lowest BCUT2D eigenvalue weighted by Crippen LogP contribution is -2.40. The third-order valence-electron chi connectivity index (χ3n) is 5.73. The zero-order chi connectivity index (χ0) is 21.3. The maximum Gasteiger partial charge on any atom is 0.261 e. The van der Waals surface area contributed by atoms with Crippen molar-refractivity contribution < 1.29 is 19.2 Å². The number of amides is 4. The van der Waals surface area contributed by atoms with Crippen LogP contribution in [-0.2, 0) is 0 Å². The average Bonchev–Trinajstić information content (AvgIpc) is 2.77. The van der Waals surface area contributed by atoms with Gasteiger partial charge in [0.15, 0.2) is 0 Å². The summed E-state index contributed by atoms with van der Waals surface area (Å²) in [6.07, 6.45) is 0. The van der Waals surface area contributed by atoms with Crippen molar-refractivity contribution >= 4 is 34.4 Å². The number of rotatable bonds is 1. The smallest absolute Gasteiger partial charge is 0.261 e. The second kappa shape index (κ2) is 5.84. The van der Waals surface area contributed by atoms with Crippen LogP contribution < -0.4 is 0 Å². The van der Waals surface area contributed by atoms with E-state index in [1.165, 1.54) is 26.2 Å². The summed E-state index contributed by atoms with van der Waals surface area (Å²) >= 11 is 0. The van der Waals surface area contributed by atoms with Crippen LogP contribution >= 0.6 is 0 Å². The number of carbonyl (C=O) groups excluding carboxylic acids is 4. The van der Waals surface area contributed by atoms with Crippen molar-refractivity contribution in [3.63, 3.8) is 0 Å². The zero-order valence-electron chi connectivity index (χ0n) is 16.0.